The third-order valence-corrected chi connectivity index (χ3v) is 4.91. The minimum atomic E-state index is -1.58. The summed E-state index contributed by atoms with van der Waals surface area (Å²) in [6, 6.07) is 0. The van der Waals surface area contributed by atoms with Crippen molar-refractivity contribution in [2.75, 3.05) is 0 Å². The molecule has 0 heterocycles. The van der Waals surface area contributed by atoms with E-state index in [0.29, 0.717) is 23.3 Å². The average molecular weight is 329 g/mol. The predicted octanol–water partition coefficient (Wildman–Crippen LogP) is 2.27. The Hall–Kier alpha value is -0.726. The fraction of sp³-hybridized carbons (Fsp3) is 0.733. The monoisotopic (exact) mass is 328 g/mol. The van der Waals surface area contributed by atoms with Gasteiger partial charge in [0.15, 0.2) is 14.1 Å². The van der Waals surface area contributed by atoms with E-state index in [9.17, 15) is 9.59 Å². The van der Waals surface area contributed by atoms with Gasteiger partial charge in [0.1, 0.15) is 0 Å². The van der Waals surface area contributed by atoms with Gasteiger partial charge in [-0.1, -0.05) is 12.8 Å². The minimum Gasteiger partial charge on any atom is -0.529 e. The van der Waals surface area contributed by atoms with Crippen molar-refractivity contribution < 1.29 is 18.4 Å². The normalized spacial score (nSPS) is 18.9. The molecule has 0 aliphatic heterocycles. The maximum atomic E-state index is 11.9. The van der Waals surface area contributed by atoms with Crippen LogP contribution in [0.4, 0.5) is 0 Å². The van der Waals surface area contributed by atoms with Gasteiger partial charge in [-0.3, -0.25) is 9.59 Å². The highest BCUT2D eigenvalue weighted by molar-refractivity contribution is 6.69. The number of hydrogen-bond donors (Lipinski definition) is 0. The van der Waals surface area contributed by atoms with Crippen LogP contribution >= 0.6 is 0 Å². The summed E-state index contributed by atoms with van der Waals surface area (Å²) in [6.45, 7) is 6.44. The van der Waals surface area contributed by atoms with E-state index in [4.69, 9.17) is 8.85 Å². The molecule has 0 aromatic heterocycles. The zero-order chi connectivity index (χ0) is 15.9. The van der Waals surface area contributed by atoms with E-state index < -0.39 is 8.32 Å². The molecule has 0 amide bonds. The van der Waals surface area contributed by atoms with Crippen LogP contribution in [0.1, 0.15) is 44.9 Å². The molecular formula is C15H28O4Si2. The van der Waals surface area contributed by atoms with Crippen LogP contribution in [0, 0.1) is 0 Å². The summed E-state index contributed by atoms with van der Waals surface area (Å²) in [5.41, 5.74) is 0.942. The Bertz CT molecular complexity index is 399. The van der Waals surface area contributed by atoms with Crippen molar-refractivity contribution in [3.8, 4) is 0 Å². The van der Waals surface area contributed by atoms with Crippen molar-refractivity contribution in [3.63, 3.8) is 0 Å². The van der Waals surface area contributed by atoms with E-state index >= 15 is 0 Å². The Kier molecular flexibility index (Phi) is 7.55. The Morgan fingerprint density at radius 3 is 2.57 bits per heavy atom. The Morgan fingerprint density at radius 2 is 1.95 bits per heavy atom. The van der Waals surface area contributed by atoms with Gasteiger partial charge >= 0.3 is 0 Å². The van der Waals surface area contributed by atoms with Gasteiger partial charge in [-0.05, 0) is 50.6 Å². The molecule has 4 nitrogen and oxygen atoms in total. The molecule has 0 bridgehead atoms. The van der Waals surface area contributed by atoms with Crippen molar-refractivity contribution in [3.05, 3.63) is 11.6 Å². The number of Topliss-reactive ketones (excluding diaryl/α,β-unsaturated/α-hetero) is 1. The molecule has 0 fully saturated rings. The molecule has 0 radical (unpaired) electrons. The first-order valence-electron chi connectivity index (χ1n) is 7.80. The van der Waals surface area contributed by atoms with Gasteiger partial charge in [-0.2, -0.15) is 0 Å². The molecular weight excluding hydrogens is 300 g/mol. The summed E-state index contributed by atoms with van der Waals surface area (Å²) in [6.07, 6.45) is 7.88. The van der Waals surface area contributed by atoms with Crippen molar-refractivity contribution in [1.82, 2.24) is 0 Å². The number of allylic oxidation sites excluding steroid dienone is 1. The highest BCUT2D eigenvalue weighted by Gasteiger charge is 2.28. The van der Waals surface area contributed by atoms with Crippen LogP contribution in [-0.2, 0) is 18.4 Å². The number of unbranched alkanes of at least 4 members (excludes halogenated alkanes) is 3. The van der Waals surface area contributed by atoms with Gasteiger partial charge in [0.05, 0.1) is 6.10 Å². The topological polar surface area (TPSA) is 52.6 Å². The molecule has 0 saturated heterocycles. The second-order valence-corrected chi connectivity index (χ2v) is 11.4. The van der Waals surface area contributed by atoms with Gasteiger partial charge in [-0.25, -0.2) is 0 Å². The molecule has 6 heteroatoms. The average Bonchev–Trinajstić information content (AvgIpc) is 2.71. The summed E-state index contributed by atoms with van der Waals surface area (Å²) >= 11 is 0. The molecule has 0 unspecified atom stereocenters. The molecule has 1 aliphatic rings. The quantitative estimate of drug-likeness (QED) is 0.481. The molecule has 0 spiro atoms. The van der Waals surface area contributed by atoms with Gasteiger partial charge in [0.25, 0.3) is 5.97 Å². The second-order valence-electron chi connectivity index (χ2n) is 6.58. The molecule has 21 heavy (non-hydrogen) atoms. The summed E-state index contributed by atoms with van der Waals surface area (Å²) in [5, 5.41) is 0. The first-order chi connectivity index (χ1) is 9.81. The van der Waals surface area contributed by atoms with Crippen molar-refractivity contribution >= 4 is 30.6 Å². The Balaban J connectivity index is 2.21. The molecule has 1 atom stereocenters. The molecule has 0 aromatic rings. The molecule has 0 saturated carbocycles. The summed E-state index contributed by atoms with van der Waals surface area (Å²) in [5.74, 6) is 0.166. The van der Waals surface area contributed by atoms with Crippen molar-refractivity contribution in [2.24, 2.45) is 0 Å². The van der Waals surface area contributed by atoms with E-state index in [2.05, 4.69) is 19.6 Å². The molecule has 120 valence electrons. The van der Waals surface area contributed by atoms with Gasteiger partial charge in [0.2, 0.25) is 10.5 Å². The lowest BCUT2D eigenvalue weighted by Crippen LogP contribution is -2.30. The smallest absolute Gasteiger partial charge is 0.291 e. The fourth-order valence-electron chi connectivity index (χ4n) is 2.48. The third kappa shape index (κ3) is 7.73. The van der Waals surface area contributed by atoms with E-state index in [1.807, 2.05) is 6.08 Å². The summed E-state index contributed by atoms with van der Waals surface area (Å²) in [4.78, 5) is 22.9. The molecule has 1 aliphatic carbocycles. The largest absolute Gasteiger partial charge is 0.529 e. The fourth-order valence-corrected chi connectivity index (χ4v) is 3.75. The number of ketones is 1. The van der Waals surface area contributed by atoms with Crippen LogP contribution in [0.2, 0.25) is 19.6 Å². The number of carbonyl (C=O) groups excluding carboxylic acids is 2. The summed E-state index contributed by atoms with van der Waals surface area (Å²) < 4.78 is 10.7. The molecule has 0 aromatic carbocycles. The number of hydrogen-bond acceptors (Lipinski definition) is 4. The minimum absolute atomic E-state index is 0.00246. The third-order valence-electron chi connectivity index (χ3n) is 3.44. The van der Waals surface area contributed by atoms with E-state index in [1.54, 1.807) is 0 Å². The van der Waals surface area contributed by atoms with Crippen LogP contribution in [-0.4, -0.2) is 36.7 Å². The first kappa shape index (κ1) is 18.3. The lowest BCUT2D eigenvalue weighted by atomic mass is 10.0. The van der Waals surface area contributed by atoms with E-state index in [-0.39, 0.29) is 17.9 Å². The van der Waals surface area contributed by atoms with Crippen LogP contribution < -0.4 is 0 Å². The number of rotatable bonds is 9. The van der Waals surface area contributed by atoms with Crippen molar-refractivity contribution in [1.29, 1.82) is 0 Å². The zero-order valence-electron chi connectivity index (χ0n) is 13.7. The zero-order valence-corrected chi connectivity index (χ0v) is 16.7. The first-order valence-corrected chi connectivity index (χ1v) is 12.0. The Morgan fingerprint density at radius 1 is 1.29 bits per heavy atom. The Labute approximate surface area is 132 Å². The lowest BCUT2D eigenvalue weighted by molar-refractivity contribution is -0.134. The standard InChI is InChI=1S/C15H28O4Si2/c1-21(2,3)19-13-10-12(14(16)11-13)8-6-4-5-7-9-15(17)18-20/h10,13H,4-9,11H2,1-3,20H3/t13-/m0/s1. The molecule has 0 N–H and O–H groups in total. The maximum absolute atomic E-state index is 11.9. The van der Waals surface area contributed by atoms with E-state index in [0.717, 1.165) is 37.7 Å². The predicted molar refractivity (Wildman–Crippen MR) is 89.7 cm³/mol. The van der Waals surface area contributed by atoms with Crippen LogP contribution in [0.15, 0.2) is 11.6 Å². The highest BCUT2D eigenvalue weighted by Crippen LogP contribution is 2.25. The van der Waals surface area contributed by atoms with Gasteiger partial charge in [-0.15, -0.1) is 0 Å². The van der Waals surface area contributed by atoms with E-state index in [1.165, 1.54) is 0 Å². The van der Waals surface area contributed by atoms with Gasteiger partial charge in [0, 0.05) is 12.8 Å². The van der Waals surface area contributed by atoms with Crippen LogP contribution in [0.5, 0.6) is 0 Å². The highest BCUT2D eigenvalue weighted by atomic mass is 28.4. The second kappa shape index (κ2) is 8.65. The van der Waals surface area contributed by atoms with Gasteiger partial charge < -0.3 is 8.85 Å². The SMILES string of the molecule is C[Si](C)(C)O[C@H]1C=C(CCCCCCC(=O)O[SiH3])C(=O)C1. The number of carbonyl (C=O) groups is 2. The van der Waals surface area contributed by atoms with Crippen LogP contribution in [0.25, 0.3) is 0 Å². The van der Waals surface area contributed by atoms with Crippen LogP contribution in [0.3, 0.4) is 0 Å². The van der Waals surface area contributed by atoms with Crippen molar-refractivity contribution in [2.45, 2.75) is 70.7 Å². The maximum Gasteiger partial charge on any atom is 0.291 e. The molecule has 1 rings (SSSR count). The lowest BCUT2D eigenvalue weighted by Gasteiger charge is -2.21. The summed E-state index contributed by atoms with van der Waals surface area (Å²) in [7, 11) is -1.10.